The molecule has 1 aromatic rings. The molecule has 1 atom stereocenters. The van der Waals surface area contributed by atoms with Crippen LogP contribution in [0.15, 0.2) is 29.2 Å². The third-order valence-electron chi connectivity index (χ3n) is 3.42. The standard InChI is InChI=1S/C14H18FNO2S/c1-14(9-17,10-2-3-10)16-13(18)8-19-12-6-4-11(15)5-7-12/h4-7,10,17H,2-3,8-9H2,1H3,(H,16,18). The van der Waals surface area contributed by atoms with Gasteiger partial charge in [0, 0.05) is 4.90 Å². The molecule has 0 spiro atoms. The minimum absolute atomic E-state index is 0.0371. The van der Waals surface area contributed by atoms with E-state index in [0.29, 0.717) is 5.92 Å². The highest BCUT2D eigenvalue weighted by atomic mass is 32.2. The summed E-state index contributed by atoms with van der Waals surface area (Å²) >= 11 is 1.36. The van der Waals surface area contributed by atoms with Crippen LogP contribution in [0.5, 0.6) is 0 Å². The molecule has 5 heteroatoms. The van der Waals surface area contributed by atoms with Crippen molar-refractivity contribution in [3.05, 3.63) is 30.1 Å². The van der Waals surface area contributed by atoms with Gasteiger partial charge in [0.05, 0.1) is 17.9 Å². The van der Waals surface area contributed by atoms with Crippen LogP contribution < -0.4 is 5.32 Å². The van der Waals surface area contributed by atoms with Gasteiger partial charge in [-0.1, -0.05) is 0 Å². The normalized spacial score (nSPS) is 17.8. The SMILES string of the molecule is CC(CO)(NC(=O)CSc1ccc(F)cc1)C1CC1. The second kappa shape index (κ2) is 5.92. The van der Waals surface area contributed by atoms with Crippen molar-refractivity contribution in [2.75, 3.05) is 12.4 Å². The smallest absolute Gasteiger partial charge is 0.230 e. The lowest BCUT2D eigenvalue weighted by Crippen LogP contribution is -2.51. The van der Waals surface area contributed by atoms with Crippen molar-refractivity contribution in [2.45, 2.75) is 30.2 Å². The van der Waals surface area contributed by atoms with Gasteiger partial charge in [-0.15, -0.1) is 11.8 Å². The van der Waals surface area contributed by atoms with Crippen LogP contribution in [0.25, 0.3) is 0 Å². The lowest BCUT2D eigenvalue weighted by Gasteiger charge is -2.28. The van der Waals surface area contributed by atoms with E-state index in [1.165, 1.54) is 23.9 Å². The maximum Gasteiger partial charge on any atom is 0.230 e. The van der Waals surface area contributed by atoms with Crippen LogP contribution in [-0.2, 0) is 4.79 Å². The fourth-order valence-corrected chi connectivity index (χ4v) is 2.72. The number of nitrogens with one attached hydrogen (secondary N) is 1. The maximum absolute atomic E-state index is 12.7. The molecule has 1 aliphatic carbocycles. The van der Waals surface area contributed by atoms with Gasteiger partial charge < -0.3 is 10.4 Å². The summed E-state index contributed by atoms with van der Waals surface area (Å²) in [4.78, 5) is 12.7. The summed E-state index contributed by atoms with van der Waals surface area (Å²) < 4.78 is 12.7. The van der Waals surface area contributed by atoms with Gasteiger partial charge in [-0.25, -0.2) is 4.39 Å². The van der Waals surface area contributed by atoms with Crippen LogP contribution in [0.1, 0.15) is 19.8 Å². The number of halogens is 1. The topological polar surface area (TPSA) is 49.3 Å². The van der Waals surface area contributed by atoms with Crippen molar-refractivity contribution < 1.29 is 14.3 Å². The lowest BCUT2D eigenvalue weighted by atomic mass is 9.97. The Labute approximate surface area is 116 Å². The van der Waals surface area contributed by atoms with Crippen molar-refractivity contribution in [1.82, 2.24) is 5.32 Å². The predicted molar refractivity (Wildman–Crippen MR) is 73.5 cm³/mol. The first-order valence-electron chi connectivity index (χ1n) is 6.34. The molecule has 0 bridgehead atoms. The highest BCUT2D eigenvalue weighted by molar-refractivity contribution is 8.00. The predicted octanol–water partition coefficient (Wildman–Crippen LogP) is 2.20. The van der Waals surface area contributed by atoms with E-state index < -0.39 is 5.54 Å². The van der Waals surface area contributed by atoms with Crippen LogP contribution in [0.2, 0.25) is 0 Å². The molecule has 0 aliphatic heterocycles. The van der Waals surface area contributed by atoms with E-state index in [-0.39, 0.29) is 24.1 Å². The Morgan fingerprint density at radius 3 is 2.63 bits per heavy atom. The zero-order chi connectivity index (χ0) is 13.9. The zero-order valence-electron chi connectivity index (χ0n) is 10.9. The van der Waals surface area contributed by atoms with Gasteiger partial charge in [0.25, 0.3) is 0 Å². The first-order chi connectivity index (χ1) is 9.03. The summed E-state index contributed by atoms with van der Waals surface area (Å²) in [5.74, 6) is 0.277. The molecule has 1 fully saturated rings. The number of rotatable bonds is 6. The van der Waals surface area contributed by atoms with E-state index in [1.54, 1.807) is 12.1 Å². The van der Waals surface area contributed by atoms with Crippen LogP contribution in [0, 0.1) is 11.7 Å². The number of thioether (sulfide) groups is 1. The van der Waals surface area contributed by atoms with Gasteiger partial charge in [0.2, 0.25) is 5.91 Å². The zero-order valence-corrected chi connectivity index (χ0v) is 11.7. The van der Waals surface area contributed by atoms with Crippen LogP contribution in [-0.4, -0.2) is 28.9 Å². The number of hydrogen-bond donors (Lipinski definition) is 2. The molecule has 2 N–H and O–H groups in total. The Bertz CT molecular complexity index is 447. The van der Waals surface area contributed by atoms with Crippen molar-refractivity contribution in [1.29, 1.82) is 0 Å². The molecule has 2 rings (SSSR count). The molecule has 0 radical (unpaired) electrons. The van der Waals surface area contributed by atoms with E-state index in [0.717, 1.165) is 17.7 Å². The summed E-state index contributed by atoms with van der Waals surface area (Å²) in [6.45, 7) is 1.84. The van der Waals surface area contributed by atoms with Gasteiger partial charge in [-0.2, -0.15) is 0 Å². The second-order valence-electron chi connectivity index (χ2n) is 5.14. The van der Waals surface area contributed by atoms with Gasteiger partial charge in [-0.05, 0) is 49.9 Å². The maximum atomic E-state index is 12.7. The number of carbonyl (C=O) groups excluding carboxylic acids is 1. The largest absolute Gasteiger partial charge is 0.394 e. The molecule has 1 unspecified atom stereocenters. The van der Waals surface area contributed by atoms with E-state index in [9.17, 15) is 14.3 Å². The Morgan fingerprint density at radius 1 is 1.47 bits per heavy atom. The Balaban J connectivity index is 1.82. The Hall–Kier alpha value is -1.07. The van der Waals surface area contributed by atoms with Gasteiger partial charge >= 0.3 is 0 Å². The summed E-state index contributed by atoms with van der Waals surface area (Å²) in [6, 6.07) is 6.06. The molecule has 1 amide bonds. The molecule has 1 aromatic carbocycles. The Morgan fingerprint density at radius 2 is 2.11 bits per heavy atom. The van der Waals surface area contributed by atoms with Gasteiger partial charge in [0.1, 0.15) is 5.82 Å². The highest BCUT2D eigenvalue weighted by Gasteiger charge is 2.41. The van der Waals surface area contributed by atoms with Gasteiger partial charge in [-0.3, -0.25) is 4.79 Å². The van der Waals surface area contributed by atoms with E-state index >= 15 is 0 Å². The molecule has 0 heterocycles. The lowest BCUT2D eigenvalue weighted by molar-refractivity contribution is -0.121. The number of aliphatic hydroxyl groups excluding tert-OH is 1. The first-order valence-corrected chi connectivity index (χ1v) is 7.32. The monoisotopic (exact) mass is 283 g/mol. The molecule has 0 saturated heterocycles. The van der Waals surface area contributed by atoms with Crippen LogP contribution in [0.3, 0.4) is 0 Å². The minimum atomic E-state index is -0.500. The van der Waals surface area contributed by atoms with E-state index in [2.05, 4.69) is 5.32 Å². The number of carbonyl (C=O) groups is 1. The number of hydrogen-bond acceptors (Lipinski definition) is 3. The van der Waals surface area contributed by atoms with Crippen molar-refractivity contribution in [2.24, 2.45) is 5.92 Å². The Kier molecular flexibility index (Phi) is 4.47. The fraction of sp³-hybridized carbons (Fsp3) is 0.500. The summed E-state index contributed by atoms with van der Waals surface area (Å²) in [5.41, 5.74) is -0.500. The van der Waals surface area contributed by atoms with Crippen LogP contribution >= 0.6 is 11.8 Å². The van der Waals surface area contributed by atoms with Crippen molar-refractivity contribution in [3.8, 4) is 0 Å². The van der Waals surface area contributed by atoms with E-state index in [1.807, 2.05) is 6.92 Å². The molecule has 1 aliphatic rings. The third kappa shape index (κ3) is 3.94. The molecular weight excluding hydrogens is 265 g/mol. The number of aliphatic hydroxyl groups is 1. The molecule has 0 aromatic heterocycles. The molecule has 1 saturated carbocycles. The fourth-order valence-electron chi connectivity index (χ4n) is 2.03. The van der Waals surface area contributed by atoms with Crippen molar-refractivity contribution >= 4 is 17.7 Å². The van der Waals surface area contributed by atoms with Gasteiger partial charge in [0.15, 0.2) is 0 Å². The average molecular weight is 283 g/mol. The summed E-state index contributed by atoms with van der Waals surface area (Å²) in [7, 11) is 0. The third-order valence-corrected chi connectivity index (χ3v) is 4.43. The molecule has 3 nitrogen and oxygen atoms in total. The minimum Gasteiger partial charge on any atom is -0.394 e. The highest BCUT2D eigenvalue weighted by Crippen LogP contribution is 2.39. The van der Waals surface area contributed by atoms with Crippen molar-refractivity contribution in [3.63, 3.8) is 0 Å². The number of benzene rings is 1. The molecule has 104 valence electrons. The summed E-state index contributed by atoms with van der Waals surface area (Å²) in [5, 5.41) is 12.3. The number of amides is 1. The van der Waals surface area contributed by atoms with Crippen LogP contribution in [0.4, 0.5) is 4.39 Å². The van der Waals surface area contributed by atoms with E-state index in [4.69, 9.17) is 0 Å². The molecule has 19 heavy (non-hydrogen) atoms. The average Bonchev–Trinajstić information content (AvgIpc) is 3.22. The quantitative estimate of drug-likeness (QED) is 0.787. The second-order valence-corrected chi connectivity index (χ2v) is 6.19. The molecular formula is C14H18FNO2S. The first kappa shape index (κ1) is 14.3. The summed E-state index contributed by atoms with van der Waals surface area (Å²) in [6.07, 6.45) is 2.12.